The monoisotopic (exact) mass is 372 g/mol. The van der Waals surface area contributed by atoms with Crippen molar-refractivity contribution in [3.05, 3.63) is 60.3 Å². The van der Waals surface area contributed by atoms with Gasteiger partial charge in [-0.15, -0.1) is 0 Å². The standard InChI is InChI=1S/C23H24N4O/c1-26-10-8-16(9-11-26)20-14-27(22-7-6-18(24-15-28)13-19(20)22)23-12-17-4-2-3-5-21(17)25-23/h2-7,12-16,25H,8-11H2,1H3,(H,24,28). The molecule has 0 unspecified atom stereocenters. The van der Waals surface area contributed by atoms with Gasteiger partial charge in [0.1, 0.15) is 5.82 Å². The van der Waals surface area contributed by atoms with E-state index >= 15 is 0 Å². The fourth-order valence-electron chi connectivity index (χ4n) is 4.45. The van der Waals surface area contributed by atoms with E-state index in [0.717, 1.165) is 54.9 Å². The second-order valence-corrected chi connectivity index (χ2v) is 7.77. The third-order valence-electron chi connectivity index (χ3n) is 5.99. The number of piperidine rings is 1. The van der Waals surface area contributed by atoms with E-state index in [1.165, 1.54) is 16.3 Å². The summed E-state index contributed by atoms with van der Waals surface area (Å²) in [5.74, 6) is 1.61. The number of anilines is 1. The second-order valence-electron chi connectivity index (χ2n) is 7.77. The van der Waals surface area contributed by atoms with Gasteiger partial charge in [-0.2, -0.15) is 0 Å². The highest BCUT2D eigenvalue weighted by Gasteiger charge is 2.23. The number of likely N-dealkylation sites (tertiary alicyclic amines) is 1. The zero-order valence-corrected chi connectivity index (χ0v) is 16.0. The molecule has 0 saturated carbocycles. The van der Waals surface area contributed by atoms with Crippen molar-refractivity contribution >= 4 is 33.9 Å². The number of fused-ring (bicyclic) bond motifs is 2. The summed E-state index contributed by atoms with van der Waals surface area (Å²) < 4.78 is 2.26. The normalized spacial score (nSPS) is 16.0. The molecule has 1 aliphatic heterocycles. The lowest BCUT2D eigenvalue weighted by Crippen LogP contribution is -2.29. The van der Waals surface area contributed by atoms with Crippen LogP contribution >= 0.6 is 0 Å². The average molecular weight is 372 g/mol. The van der Waals surface area contributed by atoms with Crippen molar-refractivity contribution < 1.29 is 4.79 Å². The maximum atomic E-state index is 10.9. The summed E-state index contributed by atoms with van der Waals surface area (Å²) in [4.78, 5) is 16.9. The van der Waals surface area contributed by atoms with Crippen molar-refractivity contribution in [3.8, 4) is 5.82 Å². The Morgan fingerprint density at radius 1 is 1.11 bits per heavy atom. The first-order valence-corrected chi connectivity index (χ1v) is 9.85. The number of para-hydroxylation sites is 1. The van der Waals surface area contributed by atoms with E-state index in [2.05, 4.69) is 75.5 Å². The zero-order valence-electron chi connectivity index (χ0n) is 16.0. The summed E-state index contributed by atoms with van der Waals surface area (Å²) >= 11 is 0. The molecule has 0 aliphatic carbocycles. The van der Waals surface area contributed by atoms with Crippen molar-refractivity contribution in [3.63, 3.8) is 0 Å². The highest BCUT2D eigenvalue weighted by atomic mass is 16.1. The highest BCUT2D eigenvalue weighted by Crippen LogP contribution is 2.37. The number of aromatic amines is 1. The Morgan fingerprint density at radius 3 is 2.71 bits per heavy atom. The van der Waals surface area contributed by atoms with Crippen LogP contribution in [0.25, 0.3) is 27.6 Å². The highest BCUT2D eigenvalue weighted by molar-refractivity contribution is 5.91. The number of carbonyl (C=O) groups excluding carboxylic acids is 1. The topological polar surface area (TPSA) is 53.1 Å². The average Bonchev–Trinajstić information content (AvgIpc) is 3.30. The molecule has 4 aromatic rings. The summed E-state index contributed by atoms with van der Waals surface area (Å²) in [5.41, 5.74) is 4.51. The molecule has 2 N–H and O–H groups in total. The predicted molar refractivity (Wildman–Crippen MR) is 114 cm³/mol. The molecule has 2 aromatic heterocycles. The summed E-state index contributed by atoms with van der Waals surface area (Å²) in [7, 11) is 2.19. The minimum atomic E-state index is 0.538. The lowest BCUT2D eigenvalue weighted by molar-refractivity contribution is -0.105. The molecule has 0 radical (unpaired) electrons. The quantitative estimate of drug-likeness (QED) is 0.519. The fourth-order valence-corrected chi connectivity index (χ4v) is 4.45. The van der Waals surface area contributed by atoms with Gasteiger partial charge in [0.05, 0.1) is 5.52 Å². The van der Waals surface area contributed by atoms with Gasteiger partial charge in [0.15, 0.2) is 0 Å². The molecule has 2 aromatic carbocycles. The van der Waals surface area contributed by atoms with Crippen LogP contribution in [0.3, 0.4) is 0 Å². The van der Waals surface area contributed by atoms with Crippen LogP contribution in [0.5, 0.6) is 0 Å². The van der Waals surface area contributed by atoms with Crippen molar-refractivity contribution in [1.29, 1.82) is 0 Å². The molecule has 1 amide bonds. The van der Waals surface area contributed by atoms with Gasteiger partial charge in [-0.1, -0.05) is 18.2 Å². The van der Waals surface area contributed by atoms with Gasteiger partial charge >= 0.3 is 0 Å². The van der Waals surface area contributed by atoms with Crippen LogP contribution in [0.15, 0.2) is 54.7 Å². The number of amides is 1. The minimum Gasteiger partial charge on any atom is -0.341 e. The predicted octanol–water partition coefficient (Wildman–Crippen LogP) is 4.49. The van der Waals surface area contributed by atoms with Crippen molar-refractivity contribution in [1.82, 2.24) is 14.5 Å². The van der Waals surface area contributed by atoms with Crippen LogP contribution in [0.4, 0.5) is 5.69 Å². The second kappa shape index (κ2) is 6.84. The molecule has 5 heteroatoms. The Hall–Kier alpha value is -3.05. The Bertz CT molecular complexity index is 1120. The lowest BCUT2D eigenvalue weighted by atomic mass is 9.89. The Balaban J connectivity index is 1.67. The van der Waals surface area contributed by atoms with Crippen LogP contribution < -0.4 is 5.32 Å². The third kappa shape index (κ3) is 2.88. The number of rotatable bonds is 4. The summed E-state index contributed by atoms with van der Waals surface area (Å²) in [6, 6.07) is 16.7. The van der Waals surface area contributed by atoms with Gasteiger partial charge in [-0.3, -0.25) is 4.79 Å². The first-order chi connectivity index (χ1) is 13.7. The van der Waals surface area contributed by atoms with Crippen LogP contribution in [-0.2, 0) is 4.79 Å². The summed E-state index contributed by atoms with van der Waals surface area (Å²) in [6.07, 6.45) is 5.35. The number of hydrogen-bond acceptors (Lipinski definition) is 2. The van der Waals surface area contributed by atoms with Gasteiger partial charge in [0.25, 0.3) is 0 Å². The molecular formula is C23H24N4O. The van der Waals surface area contributed by atoms with Crippen LogP contribution in [-0.4, -0.2) is 41.0 Å². The molecule has 28 heavy (non-hydrogen) atoms. The maximum absolute atomic E-state index is 10.9. The molecule has 0 bridgehead atoms. The Labute approximate surface area is 164 Å². The lowest BCUT2D eigenvalue weighted by Gasteiger charge is -2.28. The van der Waals surface area contributed by atoms with E-state index in [0.29, 0.717) is 5.92 Å². The first kappa shape index (κ1) is 17.1. The molecule has 1 saturated heterocycles. The number of benzene rings is 2. The Kier molecular flexibility index (Phi) is 4.17. The van der Waals surface area contributed by atoms with Crippen molar-refractivity contribution in [2.45, 2.75) is 18.8 Å². The van der Waals surface area contributed by atoms with Gasteiger partial charge in [0.2, 0.25) is 6.41 Å². The van der Waals surface area contributed by atoms with Crippen LogP contribution in [0.2, 0.25) is 0 Å². The molecule has 3 heterocycles. The van der Waals surface area contributed by atoms with Crippen molar-refractivity contribution in [2.75, 3.05) is 25.5 Å². The number of carbonyl (C=O) groups is 1. The molecule has 142 valence electrons. The van der Waals surface area contributed by atoms with Crippen LogP contribution in [0, 0.1) is 0 Å². The molecule has 0 atom stereocenters. The van der Waals surface area contributed by atoms with E-state index < -0.39 is 0 Å². The van der Waals surface area contributed by atoms with Crippen molar-refractivity contribution in [2.24, 2.45) is 0 Å². The molecule has 1 fully saturated rings. The zero-order chi connectivity index (χ0) is 19.1. The van der Waals surface area contributed by atoms with Gasteiger partial charge in [0, 0.05) is 28.2 Å². The van der Waals surface area contributed by atoms with E-state index in [-0.39, 0.29) is 0 Å². The number of nitrogens with zero attached hydrogens (tertiary/aromatic N) is 2. The largest absolute Gasteiger partial charge is 0.341 e. The minimum absolute atomic E-state index is 0.538. The first-order valence-electron chi connectivity index (χ1n) is 9.85. The molecular weight excluding hydrogens is 348 g/mol. The summed E-state index contributed by atoms with van der Waals surface area (Å²) in [5, 5.41) is 5.23. The van der Waals surface area contributed by atoms with E-state index in [9.17, 15) is 4.79 Å². The van der Waals surface area contributed by atoms with Crippen LogP contribution in [0.1, 0.15) is 24.3 Å². The molecule has 1 aliphatic rings. The maximum Gasteiger partial charge on any atom is 0.211 e. The van der Waals surface area contributed by atoms with Gasteiger partial charge in [-0.25, -0.2) is 0 Å². The molecule has 0 spiro atoms. The van der Waals surface area contributed by atoms with E-state index in [4.69, 9.17) is 0 Å². The number of H-pyrrole nitrogens is 1. The molecule has 5 rings (SSSR count). The smallest absolute Gasteiger partial charge is 0.211 e. The fraction of sp³-hybridized carbons (Fsp3) is 0.261. The number of nitrogens with one attached hydrogen (secondary N) is 2. The van der Waals surface area contributed by atoms with Gasteiger partial charge in [-0.05, 0) is 74.8 Å². The van der Waals surface area contributed by atoms with E-state index in [1.54, 1.807) is 0 Å². The molecule has 5 nitrogen and oxygen atoms in total. The van der Waals surface area contributed by atoms with Gasteiger partial charge < -0.3 is 19.8 Å². The Morgan fingerprint density at radius 2 is 1.93 bits per heavy atom. The summed E-state index contributed by atoms with van der Waals surface area (Å²) in [6.45, 7) is 2.24. The number of aromatic nitrogens is 2. The number of hydrogen-bond donors (Lipinski definition) is 2. The van der Waals surface area contributed by atoms with E-state index in [1.807, 2.05) is 6.07 Å². The SMILES string of the molecule is CN1CCC(c2cn(-c3cc4ccccc4[nH]3)c3ccc(NC=O)cc23)CC1. The third-order valence-corrected chi connectivity index (χ3v) is 5.99.